The van der Waals surface area contributed by atoms with E-state index in [0.717, 1.165) is 38.5 Å². The standard InChI is InChI=1S/C12H28N2O/c1-6-12(4,15-5)10-14-8-7-13-9-11(2)3/h11,13-14H,6-10H2,1-5H3. The monoisotopic (exact) mass is 216 g/mol. The zero-order valence-corrected chi connectivity index (χ0v) is 11.0. The maximum atomic E-state index is 5.45. The fourth-order valence-electron chi connectivity index (χ4n) is 1.26. The van der Waals surface area contributed by atoms with Crippen LogP contribution >= 0.6 is 0 Å². The van der Waals surface area contributed by atoms with Gasteiger partial charge >= 0.3 is 0 Å². The third-order valence-electron chi connectivity index (χ3n) is 2.77. The van der Waals surface area contributed by atoms with Crippen LogP contribution in [0.25, 0.3) is 0 Å². The Hall–Kier alpha value is -0.120. The van der Waals surface area contributed by atoms with Crippen molar-refractivity contribution in [2.45, 2.75) is 39.7 Å². The average Bonchev–Trinajstić information content (AvgIpc) is 2.22. The molecule has 0 radical (unpaired) electrons. The van der Waals surface area contributed by atoms with E-state index in [-0.39, 0.29) is 5.60 Å². The van der Waals surface area contributed by atoms with Gasteiger partial charge in [0, 0.05) is 26.7 Å². The summed E-state index contributed by atoms with van der Waals surface area (Å²) >= 11 is 0. The topological polar surface area (TPSA) is 33.3 Å². The summed E-state index contributed by atoms with van der Waals surface area (Å²) in [5.74, 6) is 0.727. The van der Waals surface area contributed by atoms with Gasteiger partial charge in [-0.2, -0.15) is 0 Å². The molecule has 0 aliphatic carbocycles. The maximum absolute atomic E-state index is 5.45. The molecule has 2 N–H and O–H groups in total. The summed E-state index contributed by atoms with van der Waals surface area (Å²) in [6.45, 7) is 12.8. The van der Waals surface area contributed by atoms with Gasteiger partial charge in [-0.15, -0.1) is 0 Å². The van der Waals surface area contributed by atoms with Crippen LogP contribution in [0, 0.1) is 5.92 Å². The Morgan fingerprint density at radius 3 is 2.27 bits per heavy atom. The highest BCUT2D eigenvalue weighted by molar-refractivity contribution is 4.75. The molecule has 0 amide bonds. The van der Waals surface area contributed by atoms with Crippen molar-refractivity contribution in [2.75, 3.05) is 33.3 Å². The molecule has 0 bridgehead atoms. The predicted molar refractivity (Wildman–Crippen MR) is 66.3 cm³/mol. The van der Waals surface area contributed by atoms with Gasteiger partial charge in [0.15, 0.2) is 0 Å². The first-order chi connectivity index (χ1) is 7.04. The van der Waals surface area contributed by atoms with Crippen molar-refractivity contribution in [3.05, 3.63) is 0 Å². The highest BCUT2D eigenvalue weighted by Gasteiger charge is 2.19. The lowest BCUT2D eigenvalue weighted by Gasteiger charge is -2.27. The smallest absolute Gasteiger partial charge is 0.0771 e. The van der Waals surface area contributed by atoms with Crippen molar-refractivity contribution >= 4 is 0 Å². The molecule has 15 heavy (non-hydrogen) atoms. The first-order valence-corrected chi connectivity index (χ1v) is 6.00. The van der Waals surface area contributed by atoms with E-state index in [9.17, 15) is 0 Å². The zero-order chi connectivity index (χ0) is 11.7. The number of ether oxygens (including phenoxy) is 1. The largest absolute Gasteiger partial charge is 0.377 e. The van der Waals surface area contributed by atoms with Gasteiger partial charge in [0.05, 0.1) is 5.60 Å². The number of hydrogen-bond donors (Lipinski definition) is 2. The molecule has 0 saturated heterocycles. The highest BCUT2D eigenvalue weighted by Crippen LogP contribution is 2.11. The maximum Gasteiger partial charge on any atom is 0.0771 e. The molecule has 92 valence electrons. The minimum atomic E-state index is -0.0158. The van der Waals surface area contributed by atoms with Crippen LogP contribution in [-0.2, 0) is 4.74 Å². The van der Waals surface area contributed by atoms with Gasteiger partial charge in [-0.3, -0.25) is 0 Å². The molecule has 0 aromatic carbocycles. The molecule has 0 aliphatic heterocycles. The summed E-state index contributed by atoms with van der Waals surface area (Å²) in [6.07, 6.45) is 1.04. The molecule has 1 unspecified atom stereocenters. The van der Waals surface area contributed by atoms with E-state index in [1.807, 2.05) is 0 Å². The predicted octanol–water partition coefficient (Wildman–Crippen LogP) is 1.64. The van der Waals surface area contributed by atoms with Crippen molar-refractivity contribution < 1.29 is 4.74 Å². The van der Waals surface area contributed by atoms with Gasteiger partial charge in [0.25, 0.3) is 0 Å². The Morgan fingerprint density at radius 2 is 1.80 bits per heavy atom. The van der Waals surface area contributed by atoms with E-state index < -0.39 is 0 Å². The fraction of sp³-hybridized carbons (Fsp3) is 1.00. The van der Waals surface area contributed by atoms with Gasteiger partial charge in [-0.1, -0.05) is 20.8 Å². The average molecular weight is 216 g/mol. The van der Waals surface area contributed by atoms with Crippen LogP contribution in [0.4, 0.5) is 0 Å². The van der Waals surface area contributed by atoms with Crippen LogP contribution in [0.3, 0.4) is 0 Å². The molecule has 0 saturated carbocycles. The quantitative estimate of drug-likeness (QED) is 0.575. The molecular weight excluding hydrogens is 188 g/mol. The van der Waals surface area contributed by atoms with Crippen LogP contribution in [0.15, 0.2) is 0 Å². The zero-order valence-electron chi connectivity index (χ0n) is 11.0. The lowest BCUT2D eigenvalue weighted by atomic mass is 10.0. The van der Waals surface area contributed by atoms with E-state index in [0.29, 0.717) is 0 Å². The molecule has 0 rings (SSSR count). The van der Waals surface area contributed by atoms with Gasteiger partial charge in [0.1, 0.15) is 0 Å². The molecular formula is C12H28N2O. The Kier molecular flexibility index (Phi) is 8.02. The lowest BCUT2D eigenvalue weighted by molar-refractivity contribution is 0.00395. The van der Waals surface area contributed by atoms with Crippen LogP contribution in [0.2, 0.25) is 0 Å². The first kappa shape index (κ1) is 14.9. The summed E-state index contributed by atoms with van der Waals surface area (Å²) in [5, 5.41) is 6.82. The van der Waals surface area contributed by atoms with E-state index in [4.69, 9.17) is 4.74 Å². The number of rotatable bonds is 9. The van der Waals surface area contributed by atoms with E-state index >= 15 is 0 Å². The van der Waals surface area contributed by atoms with Gasteiger partial charge in [-0.05, 0) is 25.8 Å². The lowest BCUT2D eigenvalue weighted by Crippen LogP contribution is -2.41. The third kappa shape index (κ3) is 7.77. The summed E-state index contributed by atoms with van der Waals surface area (Å²) < 4.78 is 5.45. The molecule has 3 heteroatoms. The Morgan fingerprint density at radius 1 is 1.20 bits per heavy atom. The molecule has 0 aromatic rings. The van der Waals surface area contributed by atoms with Crippen LogP contribution in [0.5, 0.6) is 0 Å². The second-order valence-corrected chi connectivity index (χ2v) is 4.78. The van der Waals surface area contributed by atoms with Gasteiger partial charge < -0.3 is 15.4 Å². The van der Waals surface area contributed by atoms with Gasteiger partial charge in [0.2, 0.25) is 0 Å². The second-order valence-electron chi connectivity index (χ2n) is 4.78. The molecule has 0 spiro atoms. The third-order valence-corrected chi connectivity index (χ3v) is 2.77. The number of nitrogens with one attached hydrogen (secondary N) is 2. The molecule has 0 fully saturated rings. The van der Waals surface area contributed by atoms with Crippen molar-refractivity contribution in [1.29, 1.82) is 0 Å². The minimum absolute atomic E-state index is 0.0158. The van der Waals surface area contributed by atoms with E-state index in [1.165, 1.54) is 0 Å². The second kappa shape index (κ2) is 8.08. The Bertz CT molecular complexity index is 145. The van der Waals surface area contributed by atoms with E-state index in [1.54, 1.807) is 7.11 Å². The molecule has 0 heterocycles. The summed E-state index contributed by atoms with van der Waals surface area (Å²) in [4.78, 5) is 0. The summed E-state index contributed by atoms with van der Waals surface area (Å²) in [6, 6.07) is 0. The number of methoxy groups -OCH3 is 1. The van der Waals surface area contributed by atoms with Crippen molar-refractivity contribution in [3.63, 3.8) is 0 Å². The number of hydrogen-bond acceptors (Lipinski definition) is 3. The molecule has 1 atom stereocenters. The highest BCUT2D eigenvalue weighted by atomic mass is 16.5. The Labute approximate surface area is 95.0 Å². The fourth-order valence-corrected chi connectivity index (χ4v) is 1.26. The van der Waals surface area contributed by atoms with Crippen LogP contribution < -0.4 is 10.6 Å². The van der Waals surface area contributed by atoms with Gasteiger partial charge in [-0.25, -0.2) is 0 Å². The normalized spacial score (nSPS) is 15.6. The summed E-state index contributed by atoms with van der Waals surface area (Å²) in [5.41, 5.74) is -0.0158. The molecule has 0 aliphatic rings. The van der Waals surface area contributed by atoms with Crippen molar-refractivity contribution in [3.8, 4) is 0 Å². The Balaban J connectivity index is 3.37. The van der Waals surface area contributed by atoms with Crippen molar-refractivity contribution in [1.82, 2.24) is 10.6 Å². The minimum Gasteiger partial charge on any atom is -0.377 e. The summed E-state index contributed by atoms with van der Waals surface area (Å²) in [7, 11) is 1.78. The van der Waals surface area contributed by atoms with Crippen LogP contribution in [0.1, 0.15) is 34.1 Å². The first-order valence-electron chi connectivity index (χ1n) is 6.00. The van der Waals surface area contributed by atoms with E-state index in [2.05, 4.69) is 38.3 Å². The molecule has 3 nitrogen and oxygen atoms in total. The molecule has 0 aromatic heterocycles. The SMILES string of the molecule is CCC(C)(CNCCNCC(C)C)OC. The van der Waals surface area contributed by atoms with Crippen molar-refractivity contribution in [2.24, 2.45) is 5.92 Å². The van der Waals surface area contributed by atoms with Crippen LogP contribution in [-0.4, -0.2) is 38.9 Å².